The number of amides is 1. The molecular formula is C20H25ClN2O7S. The van der Waals surface area contributed by atoms with E-state index in [4.69, 9.17) is 16.3 Å². The van der Waals surface area contributed by atoms with Crippen molar-refractivity contribution >= 4 is 45.2 Å². The van der Waals surface area contributed by atoms with Crippen LogP contribution in [-0.2, 0) is 24.3 Å². The van der Waals surface area contributed by atoms with Crippen LogP contribution in [0, 0.1) is 0 Å². The van der Waals surface area contributed by atoms with Crippen LogP contribution in [0.4, 0.5) is 5.69 Å². The molecule has 0 aromatic heterocycles. The Morgan fingerprint density at radius 2 is 1.94 bits per heavy atom. The third kappa shape index (κ3) is 6.96. The average molecular weight is 473 g/mol. The molecule has 0 fully saturated rings. The van der Waals surface area contributed by atoms with Gasteiger partial charge in [0.2, 0.25) is 10.0 Å². The fraction of sp³-hybridized carbons (Fsp3) is 0.450. The van der Waals surface area contributed by atoms with Gasteiger partial charge in [-0.2, -0.15) is 0 Å². The number of hydrogen-bond donors (Lipinski definition) is 3. The lowest BCUT2D eigenvalue weighted by Crippen LogP contribution is -2.35. The standard InChI is InChI=1S/C20H25ClN2O7S/c1-20(2,3)30-17(24)11-22-18(25)12-8-9-15(14(21)10-12)23-31(28,29)16-7-5-4-6-13(16)19(26)27/h6,8-10,16,23H,4-5,7,11H2,1-3H3,(H,22,25)(H,26,27). The molecule has 2 rings (SSSR count). The lowest BCUT2D eigenvalue weighted by atomic mass is 9.99. The highest BCUT2D eigenvalue weighted by atomic mass is 35.5. The van der Waals surface area contributed by atoms with Crippen LogP contribution in [0.1, 0.15) is 50.4 Å². The summed E-state index contributed by atoms with van der Waals surface area (Å²) in [5.41, 5.74) is -0.730. The number of ether oxygens (including phenoxy) is 1. The van der Waals surface area contributed by atoms with E-state index in [2.05, 4.69) is 10.0 Å². The Labute approximate surface area is 185 Å². The Bertz CT molecular complexity index is 1010. The van der Waals surface area contributed by atoms with E-state index in [9.17, 15) is 27.9 Å². The van der Waals surface area contributed by atoms with Crippen LogP contribution in [0.3, 0.4) is 0 Å². The number of allylic oxidation sites excluding steroid dienone is 1. The van der Waals surface area contributed by atoms with Crippen molar-refractivity contribution in [2.75, 3.05) is 11.3 Å². The molecule has 1 aliphatic rings. The number of esters is 1. The van der Waals surface area contributed by atoms with E-state index >= 15 is 0 Å². The molecule has 0 saturated heterocycles. The van der Waals surface area contributed by atoms with Crippen LogP contribution in [0.25, 0.3) is 0 Å². The van der Waals surface area contributed by atoms with Gasteiger partial charge >= 0.3 is 11.9 Å². The second-order valence-electron chi connectivity index (χ2n) is 7.99. The first-order chi connectivity index (χ1) is 14.3. The molecule has 1 aliphatic carbocycles. The number of benzene rings is 1. The Balaban J connectivity index is 2.09. The molecule has 11 heteroatoms. The summed E-state index contributed by atoms with van der Waals surface area (Å²) in [5.74, 6) is -2.48. The number of carboxylic acids is 1. The number of carboxylic acid groups (broad SMARTS) is 1. The lowest BCUT2D eigenvalue weighted by molar-refractivity contribution is -0.153. The number of anilines is 1. The molecule has 1 aromatic carbocycles. The maximum atomic E-state index is 12.7. The number of sulfonamides is 1. The molecule has 0 spiro atoms. The topological polar surface area (TPSA) is 139 Å². The van der Waals surface area contributed by atoms with Gasteiger partial charge in [0.15, 0.2) is 0 Å². The molecule has 170 valence electrons. The van der Waals surface area contributed by atoms with Crippen molar-refractivity contribution in [2.45, 2.75) is 50.9 Å². The minimum atomic E-state index is -4.07. The van der Waals surface area contributed by atoms with Crippen LogP contribution < -0.4 is 10.0 Å². The van der Waals surface area contributed by atoms with Crippen molar-refractivity contribution in [2.24, 2.45) is 0 Å². The molecule has 0 heterocycles. The van der Waals surface area contributed by atoms with Crippen molar-refractivity contribution in [3.05, 3.63) is 40.4 Å². The van der Waals surface area contributed by atoms with Crippen LogP contribution in [0.2, 0.25) is 5.02 Å². The largest absolute Gasteiger partial charge is 0.478 e. The predicted molar refractivity (Wildman–Crippen MR) is 116 cm³/mol. The average Bonchev–Trinajstić information content (AvgIpc) is 2.66. The smallest absolute Gasteiger partial charge is 0.332 e. The molecule has 31 heavy (non-hydrogen) atoms. The summed E-state index contributed by atoms with van der Waals surface area (Å²) in [5, 5.41) is 10.4. The van der Waals surface area contributed by atoms with Gasteiger partial charge in [0.05, 0.1) is 16.3 Å². The number of aliphatic carboxylic acids is 1. The van der Waals surface area contributed by atoms with Gasteiger partial charge in [-0.3, -0.25) is 14.3 Å². The van der Waals surface area contributed by atoms with Crippen molar-refractivity contribution in [1.82, 2.24) is 5.32 Å². The van der Waals surface area contributed by atoms with Gasteiger partial charge in [-0.15, -0.1) is 0 Å². The molecule has 0 bridgehead atoms. The Hall–Kier alpha value is -2.59. The van der Waals surface area contributed by atoms with E-state index in [1.807, 2.05) is 0 Å². The highest BCUT2D eigenvalue weighted by Crippen LogP contribution is 2.29. The van der Waals surface area contributed by atoms with Crippen molar-refractivity contribution in [1.29, 1.82) is 0 Å². The summed E-state index contributed by atoms with van der Waals surface area (Å²) in [7, 11) is -4.07. The van der Waals surface area contributed by atoms with E-state index < -0.39 is 38.7 Å². The number of carbonyl (C=O) groups excluding carboxylic acids is 2. The van der Waals surface area contributed by atoms with Crippen molar-refractivity contribution in [3.63, 3.8) is 0 Å². The first-order valence-corrected chi connectivity index (χ1v) is 11.5. The van der Waals surface area contributed by atoms with E-state index in [0.717, 1.165) is 0 Å². The minimum Gasteiger partial charge on any atom is -0.478 e. The molecule has 1 unspecified atom stereocenters. The first-order valence-electron chi connectivity index (χ1n) is 9.55. The third-order valence-corrected chi connectivity index (χ3v) is 6.36. The van der Waals surface area contributed by atoms with Crippen LogP contribution in [-0.4, -0.2) is 48.8 Å². The fourth-order valence-corrected chi connectivity index (χ4v) is 4.91. The number of hydrogen-bond acceptors (Lipinski definition) is 6. The molecular weight excluding hydrogens is 448 g/mol. The summed E-state index contributed by atoms with van der Waals surface area (Å²) >= 11 is 6.14. The monoisotopic (exact) mass is 472 g/mol. The fourth-order valence-electron chi connectivity index (χ4n) is 2.99. The van der Waals surface area contributed by atoms with Gasteiger partial charge in [0, 0.05) is 5.56 Å². The number of rotatable bonds is 7. The SMILES string of the molecule is CC(C)(C)OC(=O)CNC(=O)c1ccc(NS(=O)(=O)C2CCCC=C2C(=O)O)c(Cl)c1. The molecule has 0 saturated carbocycles. The number of halogens is 1. The van der Waals surface area contributed by atoms with E-state index in [0.29, 0.717) is 12.8 Å². The molecule has 0 aliphatic heterocycles. The molecule has 1 atom stereocenters. The van der Waals surface area contributed by atoms with Crippen LogP contribution >= 0.6 is 11.6 Å². The maximum Gasteiger partial charge on any atom is 0.332 e. The normalized spacial score (nSPS) is 16.8. The highest BCUT2D eigenvalue weighted by molar-refractivity contribution is 7.93. The second-order valence-corrected chi connectivity index (χ2v) is 10.3. The zero-order valence-electron chi connectivity index (χ0n) is 17.4. The van der Waals surface area contributed by atoms with E-state index in [1.165, 1.54) is 24.3 Å². The van der Waals surface area contributed by atoms with E-state index in [-0.39, 0.29) is 34.8 Å². The minimum absolute atomic E-state index is 0.0145. The van der Waals surface area contributed by atoms with Gasteiger partial charge in [0.25, 0.3) is 5.91 Å². The Kier molecular flexibility index (Phi) is 7.72. The highest BCUT2D eigenvalue weighted by Gasteiger charge is 2.34. The number of nitrogens with one attached hydrogen (secondary N) is 2. The molecule has 1 aromatic rings. The van der Waals surface area contributed by atoms with Crippen molar-refractivity contribution < 1.29 is 32.6 Å². The quantitative estimate of drug-likeness (QED) is 0.518. The molecule has 9 nitrogen and oxygen atoms in total. The zero-order chi connectivity index (χ0) is 23.4. The summed E-state index contributed by atoms with van der Waals surface area (Å²) in [6.45, 7) is 4.77. The van der Waals surface area contributed by atoms with E-state index in [1.54, 1.807) is 20.8 Å². The first kappa shape index (κ1) is 24.7. The second kappa shape index (κ2) is 9.69. The van der Waals surface area contributed by atoms with Crippen molar-refractivity contribution in [3.8, 4) is 0 Å². The van der Waals surface area contributed by atoms with Gasteiger partial charge in [-0.05, 0) is 58.2 Å². The van der Waals surface area contributed by atoms with Gasteiger partial charge < -0.3 is 15.2 Å². The summed E-state index contributed by atoms with van der Waals surface area (Å²) in [6, 6.07) is 3.89. The Morgan fingerprint density at radius 3 is 2.52 bits per heavy atom. The number of carbonyl (C=O) groups is 3. The van der Waals surface area contributed by atoms with Crippen LogP contribution in [0.15, 0.2) is 29.8 Å². The lowest BCUT2D eigenvalue weighted by Gasteiger charge is -2.23. The molecule has 0 radical (unpaired) electrons. The van der Waals surface area contributed by atoms with Gasteiger partial charge in [-0.1, -0.05) is 17.7 Å². The van der Waals surface area contributed by atoms with Crippen LogP contribution in [0.5, 0.6) is 0 Å². The molecule has 3 N–H and O–H groups in total. The van der Waals surface area contributed by atoms with Gasteiger partial charge in [0.1, 0.15) is 17.4 Å². The summed E-state index contributed by atoms with van der Waals surface area (Å²) in [4.78, 5) is 35.3. The summed E-state index contributed by atoms with van der Waals surface area (Å²) < 4.78 is 32.9. The predicted octanol–water partition coefficient (Wildman–Crippen LogP) is 2.72. The molecule has 1 amide bonds. The van der Waals surface area contributed by atoms with Gasteiger partial charge in [-0.25, -0.2) is 13.2 Å². The zero-order valence-corrected chi connectivity index (χ0v) is 19.0. The Morgan fingerprint density at radius 1 is 1.26 bits per heavy atom. The third-order valence-electron chi connectivity index (χ3n) is 4.30. The maximum absolute atomic E-state index is 12.7. The summed E-state index contributed by atoms with van der Waals surface area (Å²) in [6.07, 6.45) is 2.64.